The molecule has 1 saturated heterocycles. The van der Waals surface area contributed by atoms with E-state index in [2.05, 4.69) is 29.1 Å². The van der Waals surface area contributed by atoms with Crippen molar-refractivity contribution in [2.75, 3.05) is 26.7 Å². The summed E-state index contributed by atoms with van der Waals surface area (Å²) in [6.07, 6.45) is -2.70. The van der Waals surface area contributed by atoms with Crippen molar-refractivity contribution >= 4 is 23.4 Å². The van der Waals surface area contributed by atoms with E-state index >= 15 is 0 Å². The number of piperazine rings is 1. The highest BCUT2D eigenvalue weighted by molar-refractivity contribution is 5.94. The Morgan fingerprint density at radius 1 is 0.867 bits per heavy atom. The van der Waals surface area contributed by atoms with Gasteiger partial charge < -0.3 is 19.5 Å². The predicted molar refractivity (Wildman–Crippen MR) is 143 cm³/mol. The van der Waals surface area contributed by atoms with Crippen LogP contribution in [0, 0.1) is 5.82 Å². The molecule has 0 saturated carbocycles. The molecule has 1 unspecified atom stereocenters. The van der Waals surface area contributed by atoms with Gasteiger partial charge in [-0.25, -0.2) is 19.0 Å². The zero-order chi connectivity index (χ0) is 33.5. The summed E-state index contributed by atoms with van der Waals surface area (Å²) >= 11 is 0. The first-order valence-corrected chi connectivity index (χ1v) is 12.7. The van der Waals surface area contributed by atoms with Crippen molar-refractivity contribution in [2.45, 2.75) is 18.4 Å². The van der Waals surface area contributed by atoms with Crippen LogP contribution in [-0.2, 0) is 9.59 Å². The van der Waals surface area contributed by atoms with Gasteiger partial charge in [-0.15, -0.1) is 0 Å². The van der Waals surface area contributed by atoms with E-state index in [0.717, 1.165) is 28.9 Å². The lowest BCUT2D eigenvalue weighted by Crippen LogP contribution is -2.49. The first-order chi connectivity index (χ1) is 21.0. The number of aromatic nitrogens is 3. The van der Waals surface area contributed by atoms with Crippen molar-refractivity contribution in [1.29, 1.82) is 0 Å². The minimum Gasteiger partial charge on any atom is -0.475 e. The number of halogens is 7. The number of amides is 1. The molecule has 5 rings (SSSR count). The average Bonchev–Trinajstić information content (AvgIpc) is 3.41. The molecule has 17 heteroatoms. The molecular formula is C28H24F7N5O5. The molecule has 1 amide bonds. The second-order valence-corrected chi connectivity index (χ2v) is 9.44. The maximum Gasteiger partial charge on any atom is 0.490 e. The predicted octanol–water partition coefficient (Wildman–Crippen LogP) is 4.93. The lowest BCUT2D eigenvalue weighted by atomic mass is 10.1. The van der Waals surface area contributed by atoms with E-state index in [9.17, 15) is 35.5 Å². The largest absolute Gasteiger partial charge is 0.490 e. The van der Waals surface area contributed by atoms with Crippen molar-refractivity contribution in [3.05, 3.63) is 90.5 Å². The quantitative estimate of drug-likeness (QED) is 0.301. The number of rotatable bonds is 3. The van der Waals surface area contributed by atoms with Crippen molar-refractivity contribution in [1.82, 2.24) is 24.2 Å². The van der Waals surface area contributed by atoms with Crippen LogP contribution in [0.1, 0.15) is 22.1 Å². The molecule has 10 nitrogen and oxygen atoms in total. The Hall–Kier alpha value is -5.06. The highest BCUT2D eigenvalue weighted by Crippen LogP contribution is 2.29. The molecule has 0 aliphatic carbocycles. The third-order valence-electron chi connectivity index (χ3n) is 6.38. The molecule has 240 valence electrons. The number of carbonyl (C=O) groups is 3. The van der Waals surface area contributed by atoms with Gasteiger partial charge in [-0.1, -0.05) is 12.1 Å². The molecule has 3 aromatic heterocycles. The molecule has 1 aromatic carbocycles. The smallest absolute Gasteiger partial charge is 0.475 e. The van der Waals surface area contributed by atoms with Gasteiger partial charge in [0.05, 0.1) is 23.6 Å². The molecule has 1 aliphatic rings. The minimum atomic E-state index is -5.08. The lowest BCUT2D eigenvalue weighted by Gasteiger charge is -2.39. The van der Waals surface area contributed by atoms with Gasteiger partial charge in [-0.3, -0.25) is 14.7 Å². The van der Waals surface area contributed by atoms with Gasteiger partial charge >= 0.3 is 24.3 Å². The molecule has 4 heterocycles. The first-order valence-electron chi connectivity index (χ1n) is 12.7. The number of fused-ring (bicyclic) bond motifs is 1. The molecule has 45 heavy (non-hydrogen) atoms. The molecule has 1 fully saturated rings. The fraction of sp³-hybridized carbons (Fsp3) is 0.250. The van der Waals surface area contributed by atoms with Crippen LogP contribution in [0.5, 0.6) is 0 Å². The molecule has 4 aromatic rings. The Kier molecular flexibility index (Phi) is 10.8. The number of likely N-dealkylation sites (N-methyl/N-ethyl adjacent to an activating group) is 1. The molecule has 1 aliphatic heterocycles. The molecule has 0 bridgehead atoms. The third kappa shape index (κ3) is 9.21. The summed E-state index contributed by atoms with van der Waals surface area (Å²) in [7, 11) is 2.06. The van der Waals surface area contributed by atoms with Gasteiger partial charge in [0, 0.05) is 49.4 Å². The zero-order valence-corrected chi connectivity index (χ0v) is 23.1. The van der Waals surface area contributed by atoms with Gasteiger partial charge in [-0.2, -0.15) is 26.3 Å². The van der Waals surface area contributed by atoms with Crippen LogP contribution in [0.2, 0.25) is 0 Å². The molecule has 0 spiro atoms. The Labute approximate surface area is 250 Å². The monoisotopic (exact) mass is 643 g/mol. The number of imidazole rings is 1. The number of carbonyl (C=O) groups excluding carboxylic acids is 1. The van der Waals surface area contributed by atoms with Crippen molar-refractivity contribution in [3.8, 4) is 11.1 Å². The second-order valence-electron chi connectivity index (χ2n) is 9.44. The highest BCUT2D eigenvalue weighted by Gasteiger charge is 2.39. The number of pyridine rings is 2. The Morgan fingerprint density at radius 3 is 2.00 bits per heavy atom. The SMILES string of the molecule is CN1CCN(C(=O)c2ccc(F)cc2)CC1c1ncn2cc(-c3cccnc3)ccc12.O=C(O)C(F)(F)F.O=C(O)C(F)(F)F. The van der Waals surface area contributed by atoms with E-state index in [0.29, 0.717) is 18.7 Å². The van der Waals surface area contributed by atoms with Gasteiger partial charge in [0.2, 0.25) is 0 Å². The maximum absolute atomic E-state index is 13.2. The Bertz CT molecular complexity index is 1600. The molecule has 2 N–H and O–H groups in total. The van der Waals surface area contributed by atoms with E-state index in [4.69, 9.17) is 24.8 Å². The average molecular weight is 644 g/mol. The summed E-state index contributed by atoms with van der Waals surface area (Å²) in [4.78, 5) is 43.7. The van der Waals surface area contributed by atoms with Crippen molar-refractivity contribution in [3.63, 3.8) is 0 Å². The fourth-order valence-electron chi connectivity index (χ4n) is 4.11. The van der Waals surface area contributed by atoms with Crippen molar-refractivity contribution in [2.24, 2.45) is 0 Å². The van der Waals surface area contributed by atoms with E-state index in [1.807, 2.05) is 40.2 Å². The number of hydrogen-bond donors (Lipinski definition) is 2. The van der Waals surface area contributed by atoms with E-state index in [-0.39, 0.29) is 17.8 Å². The standard InChI is InChI=1S/C24H22FN5O.2C2HF3O2/c1-28-11-12-29(24(31)17-4-7-20(25)8-5-17)15-22(28)23-21-9-6-19(14-30(21)16-27-23)18-3-2-10-26-13-18;2*3-2(4,5)1(6)7/h2-10,13-14,16,22H,11-12,15H2,1H3;2*(H,6,7). The normalized spacial score (nSPS) is 15.4. The number of aliphatic carboxylic acids is 2. The number of carboxylic acids is 2. The minimum absolute atomic E-state index is 0.0209. The Morgan fingerprint density at radius 2 is 1.47 bits per heavy atom. The third-order valence-corrected chi connectivity index (χ3v) is 6.38. The molecular weight excluding hydrogens is 619 g/mol. The number of hydrogen-bond acceptors (Lipinski definition) is 6. The van der Waals surface area contributed by atoms with Crippen LogP contribution in [0.15, 0.2) is 73.4 Å². The van der Waals surface area contributed by atoms with E-state index in [1.54, 1.807) is 6.20 Å². The van der Waals surface area contributed by atoms with E-state index in [1.165, 1.54) is 24.3 Å². The highest BCUT2D eigenvalue weighted by atomic mass is 19.4. The summed E-state index contributed by atoms with van der Waals surface area (Å²) in [6.45, 7) is 1.90. The van der Waals surface area contributed by atoms with Crippen LogP contribution in [0.25, 0.3) is 16.6 Å². The topological polar surface area (TPSA) is 128 Å². The molecule has 0 radical (unpaired) electrons. The summed E-state index contributed by atoms with van der Waals surface area (Å²) < 4.78 is 78.7. The second kappa shape index (κ2) is 14.1. The van der Waals surface area contributed by atoms with Crippen LogP contribution < -0.4 is 0 Å². The number of nitrogens with zero attached hydrogens (tertiary/aromatic N) is 5. The van der Waals surface area contributed by atoms with Gasteiger partial charge in [0.1, 0.15) is 5.82 Å². The number of carboxylic acid groups (broad SMARTS) is 2. The summed E-state index contributed by atoms with van der Waals surface area (Å²) in [5, 5.41) is 14.2. The van der Waals surface area contributed by atoms with E-state index < -0.39 is 24.3 Å². The van der Waals surface area contributed by atoms with Gasteiger partial charge in [0.25, 0.3) is 5.91 Å². The van der Waals surface area contributed by atoms with Gasteiger partial charge in [-0.05, 0) is 49.0 Å². The Balaban J connectivity index is 0.000000331. The first kappa shape index (κ1) is 34.4. The number of benzene rings is 1. The maximum atomic E-state index is 13.2. The lowest BCUT2D eigenvalue weighted by molar-refractivity contribution is -0.193. The summed E-state index contributed by atoms with van der Waals surface area (Å²) in [5.41, 5.74) is 4.57. The summed E-state index contributed by atoms with van der Waals surface area (Å²) in [5.74, 6) is -5.94. The van der Waals surface area contributed by atoms with Crippen LogP contribution in [0.4, 0.5) is 30.7 Å². The van der Waals surface area contributed by atoms with Crippen LogP contribution >= 0.6 is 0 Å². The zero-order valence-electron chi connectivity index (χ0n) is 23.1. The van der Waals surface area contributed by atoms with Crippen LogP contribution in [-0.4, -0.2) is 91.3 Å². The van der Waals surface area contributed by atoms with Gasteiger partial charge in [0.15, 0.2) is 0 Å². The molecule has 1 atom stereocenters. The van der Waals surface area contributed by atoms with Crippen LogP contribution in [0.3, 0.4) is 0 Å². The number of alkyl halides is 6. The summed E-state index contributed by atoms with van der Waals surface area (Å²) in [6, 6.07) is 13.8. The fourth-order valence-corrected chi connectivity index (χ4v) is 4.11. The van der Waals surface area contributed by atoms with Crippen molar-refractivity contribution < 1.29 is 55.3 Å².